The van der Waals surface area contributed by atoms with E-state index in [1.165, 1.54) is 4.90 Å². The van der Waals surface area contributed by atoms with Gasteiger partial charge in [-0.25, -0.2) is 0 Å². The molecule has 0 saturated heterocycles. The molecule has 19 heavy (non-hydrogen) atoms. The molecule has 0 aliphatic carbocycles. The van der Waals surface area contributed by atoms with Crippen LogP contribution in [0.5, 0.6) is 11.5 Å². The highest BCUT2D eigenvalue weighted by atomic mass is 32.2. The van der Waals surface area contributed by atoms with Gasteiger partial charge in [-0.2, -0.15) is 0 Å². The first kappa shape index (κ1) is 13.9. The van der Waals surface area contributed by atoms with Crippen molar-refractivity contribution in [2.24, 2.45) is 0 Å². The highest BCUT2D eigenvalue weighted by molar-refractivity contribution is 7.98. The van der Waals surface area contributed by atoms with Crippen LogP contribution in [0.15, 0.2) is 47.6 Å². The molecule has 1 aromatic carbocycles. The highest BCUT2D eigenvalue weighted by Crippen LogP contribution is 2.26. The van der Waals surface area contributed by atoms with Crippen molar-refractivity contribution in [2.45, 2.75) is 18.4 Å². The lowest BCUT2D eigenvalue weighted by atomic mass is 10.2. The fraction of sp³-hybridized carbons (Fsp3) is 0.267. The zero-order chi connectivity index (χ0) is 13.5. The van der Waals surface area contributed by atoms with Gasteiger partial charge in [0.2, 0.25) is 0 Å². The first-order valence-corrected chi connectivity index (χ1v) is 7.51. The van der Waals surface area contributed by atoms with Gasteiger partial charge in [0.1, 0.15) is 11.5 Å². The zero-order valence-corrected chi connectivity index (χ0v) is 12.0. The molecule has 0 bridgehead atoms. The predicted molar refractivity (Wildman–Crippen MR) is 79.9 cm³/mol. The summed E-state index contributed by atoms with van der Waals surface area (Å²) in [5, 5.41) is 3.30. The molecule has 0 atom stereocenters. The number of nitrogens with one attached hydrogen (secondary N) is 1. The summed E-state index contributed by atoms with van der Waals surface area (Å²) in [7, 11) is 0. The second-order valence-corrected chi connectivity index (χ2v) is 4.92. The second kappa shape index (κ2) is 7.16. The summed E-state index contributed by atoms with van der Waals surface area (Å²) in [4.78, 5) is 5.35. The molecule has 1 N–H and O–H groups in total. The third-order valence-corrected chi connectivity index (χ3v) is 3.47. The Morgan fingerprint density at radius 3 is 2.68 bits per heavy atom. The van der Waals surface area contributed by atoms with Crippen molar-refractivity contribution in [3.8, 4) is 11.5 Å². The summed E-state index contributed by atoms with van der Waals surface area (Å²) in [6, 6.07) is 10.1. The van der Waals surface area contributed by atoms with Crippen LogP contribution in [0.4, 0.5) is 0 Å². The van der Waals surface area contributed by atoms with Crippen LogP contribution in [-0.4, -0.2) is 17.8 Å². The minimum atomic E-state index is 0.789. The molecular formula is C15H18N2OS. The maximum atomic E-state index is 5.89. The van der Waals surface area contributed by atoms with E-state index in [1.807, 2.05) is 18.2 Å². The van der Waals surface area contributed by atoms with Gasteiger partial charge in [-0.15, -0.1) is 11.8 Å². The molecule has 0 saturated carbocycles. The van der Waals surface area contributed by atoms with Gasteiger partial charge in [-0.1, -0.05) is 6.92 Å². The van der Waals surface area contributed by atoms with Gasteiger partial charge in [0.05, 0.1) is 6.20 Å². The zero-order valence-electron chi connectivity index (χ0n) is 11.2. The number of thioether (sulfide) groups is 1. The van der Waals surface area contributed by atoms with E-state index < -0.39 is 0 Å². The quantitative estimate of drug-likeness (QED) is 0.814. The molecule has 0 aliphatic heterocycles. The third-order valence-electron chi connectivity index (χ3n) is 2.72. The molecule has 100 valence electrons. The normalized spacial score (nSPS) is 10.4. The third kappa shape index (κ3) is 3.98. The van der Waals surface area contributed by atoms with E-state index in [0.29, 0.717) is 0 Å². The fourth-order valence-corrected chi connectivity index (χ4v) is 2.09. The van der Waals surface area contributed by atoms with E-state index in [2.05, 4.69) is 35.6 Å². The molecule has 2 rings (SSSR count). The van der Waals surface area contributed by atoms with Gasteiger partial charge in [-0.05, 0) is 43.1 Å². The molecule has 2 aromatic rings. The maximum absolute atomic E-state index is 5.89. The van der Waals surface area contributed by atoms with Crippen molar-refractivity contribution in [1.29, 1.82) is 0 Å². The lowest BCUT2D eigenvalue weighted by molar-refractivity contribution is 0.470. The molecule has 3 nitrogen and oxygen atoms in total. The summed E-state index contributed by atoms with van der Waals surface area (Å²) < 4.78 is 5.89. The van der Waals surface area contributed by atoms with Crippen LogP contribution in [0, 0.1) is 0 Å². The largest absolute Gasteiger partial charge is 0.455 e. The molecule has 1 aromatic heterocycles. The Morgan fingerprint density at radius 2 is 2.00 bits per heavy atom. The van der Waals surface area contributed by atoms with E-state index >= 15 is 0 Å². The summed E-state index contributed by atoms with van der Waals surface area (Å²) in [5.74, 6) is 1.64. The highest BCUT2D eigenvalue weighted by Gasteiger charge is 2.04. The van der Waals surface area contributed by atoms with E-state index in [1.54, 1.807) is 24.2 Å². The molecule has 4 heteroatoms. The lowest BCUT2D eigenvalue weighted by Gasteiger charge is -2.11. The van der Waals surface area contributed by atoms with E-state index in [9.17, 15) is 0 Å². The van der Waals surface area contributed by atoms with Crippen LogP contribution < -0.4 is 10.1 Å². The number of nitrogens with zero attached hydrogens (tertiary/aromatic N) is 1. The number of benzene rings is 1. The molecule has 0 spiro atoms. The van der Waals surface area contributed by atoms with Gasteiger partial charge < -0.3 is 10.1 Å². The smallest absolute Gasteiger partial charge is 0.150 e. The predicted octanol–water partition coefficient (Wildman–Crippen LogP) is 3.71. The van der Waals surface area contributed by atoms with Crippen molar-refractivity contribution in [1.82, 2.24) is 10.3 Å². The van der Waals surface area contributed by atoms with Gasteiger partial charge in [0.15, 0.2) is 0 Å². The summed E-state index contributed by atoms with van der Waals surface area (Å²) >= 11 is 1.72. The Bertz CT molecular complexity index is 514. The first-order chi connectivity index (χ1) is 9.33. The summed E-state index contributed by atoms with van der Waals surface area (Å²) in [6.07, 6.45) is 5.61. The van der Waals surface area contributed by atoms with Crippen molar-refractivity contribution in [3.05, 3.63) is 48.3 Å². The number of hydrogen-bond donors (Lipinski definition) is 1. The van der Waals surface area contributed by atoms with Crippen LogP contribution in [0.3, 0.4) is 0 Å². The standard InChI is InChI=1S/C15H18N2OS/c1-3-16-10-12-8-9-17-11-15(12)18-13-4-6-14(19-2)7-5-13/h4-9,11,16H,3,10H2,1-2H3. The molecule has 0 fully saturated rings. The Balaban J connectivity index is 2.12. The molecular weight excluding hydrogens is 256 g/mol. The number of hydrogen-bond acceptors (Lipinski definition) is 4. The first-order valence-electron chi connectivity index (χ1n) is 6.29. The minimum absolute atomic E-state index is 0.789. The fourth-order valence-electron chi connectivity index (χ4n) is 1.68. The Kier molecular flexibility index (Phi) is 5.24. The molecule has 0 radical (unpaired) electrons. The topological polar surface area (TPSA) is 34.2 Å². The monoisotopic (exact) mass is 274 g/mol. The Labute approximate surface area is 118 Å². The van der Waals surface area contributed by atoms with Gasteiger partial charge in [-0.3, -0.25) is 4.98 Å². The SMILES string of the molecule is CCNCc1ccncc1Oc1ccc(SC)cc1. The number of ether oxygens (including phenoxy) is 1. The minimum Gasteiger partial charge on any atom is -0.455 e. The van der Waals surface area contributed by atoms with E-state index in [0.717, 1.165) is 30.2 Å². The molecule has 0 aliphatic rings. The van der Waals surface area contributed by atoms with Crippen LogP contribution in [-0.2, 0) is 6.54 Å². The average molecular weight is 274 g/mol. The molecule has 0 amide bonds. The Hall–Kier alpha value is -1.52. The summed E-state index contributed by atoms with van der Waals surface area (Å²) in [6.45, 7) is 3.81. The number of aromatic nitrogens is 1. The van der Waals surface area contributed by atoms with Gasteiger partial charge in [0.25, 0.3) is 0 Å². The maximum Gasteiger partial charge on any atom is 0.150 e. The van der Waals surface area contributed by atoms with Gasteiger partial charge >= 0.3 is 0 Å². The van der Waals surface area contributed by atoms with Crippen LogP contribution in [0.25, 0.3) is 0 Å². The summed E-state index contributed by atoms with van der Waals surface area (Å²) in [5.41, 5.74) is 1.12. The second-order valence-electron chi connectivity index (χ2n) is 4.04. The van der Waals surface area contributed by atoms with Crippen LogP contribution in [0.1, 0.15) is 12.5 Å². The van der Waals surface area contributed by atoms with Gasteiger partial charge in [0, 0.05) is 23.2 Å². The van der Waals surface area contributed by atoms with Crippen molar-refractivity contribution >= 4 is 11.8 Å². The number of rotatable bonds is 6. The van der Waals surface area contributed by atoms with Crippen molar-refractivity contribution < 1.29 is 4.74 Å². The van der Waals surface area contributed by atoms with Crippen molar-refractivity contribution in [3.63, 3.8) is 0 Å². The average Bonchev–Trinajstić information content (AvgIpc) is 2.47. The number of pyridine rings is 1. The van der Waals surface area contributed by atoms with Crippen LogP contribution >= 0.6 is 11.8 Å². The Morgan fingerprint density at radius 1 is 1.21 bits per heavy atom. The molecule has 1 heterocycles. The van der Waals surface area contributed by atoms with E-state index in [4.69, 9.17) is 4.74 Å². The molecule has 0 unspecified atom stereocenters. The van der Waals surface area contributed by atoms with E-state index in [-0.39, 0.29) is 0 Å². The van der Waals surface area contributed by atoms with Crippen molar-refractivity contribution in [2.75, 3.05) is 12.8 Å². The van der Waals surface area contributed by atoms with Crippen LogP contribution in [0.2, 0.25) is 0 Å². The lowest BCUT2D eigenvalue weighted by Crippen LogP contribution is -2.12.